The van der Waals surface area contributed by atoms with Gasteiger partial charge in [-0.3, -0.25) is 9.69 Å². The van der Waals surface area contributed by atoms with Crippen molar-refractivity contribution in [3.63, 3.8) is 0 Å². The van der Waals surface area contributed by atoms with Gasteiger partial charge in [0, 0.05) is 25.7 Å². The van der Waals surface area contributed by atoms with E-state index < -0.39 is 0 Å². The predicted octanol–water partition coefficient (Wildman–Crippen LogP) is 3.06. The van der Waals surface area contributed by atoms with E-state index in [-0.39, 0.29) is 5.91 Å². The summed E-state index contributed by atoms with van der Waals surface area (Å²) in [6.07, 6.45) is 1.60. The highest BCUT2D eigenvalue weighted by atomic mass is 32.2. The molecule has 0 bridgehead atoms. The topological polar surface area (TPSA) is 64.2 Å². The van der Waals surface area contributed by atoms with E-state index in [1.165, 1.54) is 16.7 Å². The second-order valence-electron chi connectivity index (χ2n) is 5.28. The van der Waals surface area contributed by atoms with Crippen LogP contribution in [0.1, 0.15) is 5.89 Å². The molecule has 120 valence electrons. The molecule has 0 radical (unpaired) electrons. The smallest absolute Gasteiger partial charge is 0.267 e. The Labute approximate surface area is 147 Å². The van der Waals surface area contributed by atoms with Crippen molar-refractivity contribution in [1.82, 2.24) is 19.4 Å². The van der Waals surface area contributed by atoms with Crippen molar-refractivity contribution in [3.8, 4) is 11.4 Å². The number of oxazole rings is 1. The molecule has 2 aromatic heterocycles. The lowest BCUT2D eigenvalue weighted by molar-refractivity contribution is -0.121. The molecule has 1 fully saturated rings. The Kier molecular flexibility index (Phi) is 3.50. The Morgan fingerprint density at radius 3 is 2.58 bits per heavy atom. The molecule has 3 aromatic rings. The number of fused-ring (bicyclic) bond motifs is 1. The molecule has 1 aliphatic heterocycles. The summed E-state index contributed by atoms with van der Waals surface area (Å²) >= 11 is 6.35. The van der Waals surface area contributed by atoms with Crippen LogP contribution in [0.25, 0.3) is 28.8 Å². The number of carbonyl (C=O) groups excluding carboxylic acids is 1. The minimum atomic E-state index is -0.148. The maximum absolute atomic E-state index is 12.0. The van der Waals surface area contributed by atoms with Crippen LogP contribution in [-0.2, 0) is 11.8 Å². The average Bonchev–Trinajstić information content (AvgIpc) is 3.19. The van der Waals surface area contributed by atoms with Gasteiger partial charge in [-0.2, -0.15) is 9.97 Å². The predicted molar refractivity (Wildman–Crippen MR) is 97.1 cm³/mol. The van der Waals surface area contributed by atoms with E-state index in [0.717, 1.165) is 11.4 Å². The Hall–Kier alpha value is -2.45. The number of aromatic nitrogens is 3. The summed E-state index contributed by atoms with van der Waals surface area (Å²) in [4.78, 5) is 22.9. The molecule has 0 unspecified atom stereocenters. The van der Waals surface area contributed by atoms with Gasteiger partial charge in [-0.25, -0.2) is 0 Å². The summed E-state index contributed by atoms with van der Waals surface area (Å²) < 4.78 is 8.08. The van der Waals surface area contributed by atoms with Crippen LogP contribution in [0.15, 0.2) is 39.7 Å². The van der Waals surface area contributed by atoms with Crippen LogP contribution in [-0.4, -0.2) is 36.7 Å². The van der Waals surface area contributed by atoms with Crippen LogP contribution in [0.5, 0.6) is 0 Å². The van der Waals surface area contributed by atoms with Crippen molar-refractivity contribution in [2.45, 2.75) is 0 Å². The Bertz CT molecular complexity index is 1000. The molecule has 4 rings (SSSR count). The lowest BCUT2D eigenvalue weighted by Crippen LogP contribution is -2.22. The normalized spacial score (nSPS) is 16.8. The van der Waals surface area contributed by atoms with Gasteiger partial charge in [0.1, 0.15) is 10.1 Å². The Balaban J connectivity index is 1.74. The van der Waals surface area contributed by atoms with Crippen molar-refractivity contribution in [3.05, 3.63) is 41.1 Å². The molecule has 0 N–H and O–H groups in total. The standard InChI is InChI=1S/C16H12N4O2S2/c1-19-12(9-6-4-3-5-7-9)18-14-13(19)17-11(22-14)8-10-15(21)20(2)16(23)24-10/h3-8H,1-2H3/b10-8+. The summed E-state index contributed by atoms with van der Waals surface area (Å²) in [6, 6.07) is 9.83. The second kappa shape index (κ2) is 5.57. The summed E-state index contributed by atoms with van der Waals surface area (Å²) in [6.45, 7) is 0. The first-order chi connectivity index (χ1) is 11.5. The van der Waals surface area contributed by atoms with Crippen LogP contribution in [0.2, 0.25) is 0 Å². The van der Waals surface area contributed by atoms with E-state index >= 15 is 0 Å². The van der Waals surface area contributed by atoms with Gasteiger partial charge in [0.05, 0.1) is 4.91 Å². The Morgan fingerprint density at radius 2 is 1.96 bits per heavy atom. The Morgan fingerprint density at radius 1 is 1.21 bits per heavy atom. The fourth-order valence-corrected chi connectivity index (χ4v) is 3.59. The number of hydrogen-bond donors (Lipinski definition) is 0. The van der Waals surface area contributed by atoms with Crippen molar-refractivity contribution < 1.29 is 9.21 Å². The van der Waals surface area contributed by atoms with Crippen molar-refractivity contribution in [2.75, 3.05) is 7.05 Å². The van der Waals surface area contributed by atoms with Crippen LogP contribution in [0.3, 0.4) is 0 Å². The zero-order valence-electron chi connectivity index (χ0n) is 12.9. The van der Waals surface area contributed by atoms with E-state index in [1.54, 1.807) is 13.1 Å². The minimum absolute atomic E-state index is 0.148. The summed E-state index contributed by atoms with van der Waals surface area (Å²) in [5.74, 6) is 0.977. The first-order valence-corrected chi connectivity index (χ1v) is 8.37. The third kappa shape index (κ3) is 2.35. The number of thioether (sulfide) groups is 1. The molecule has 1 aromatic carbocycles. The van der Waals surface area contributed by atoms with Gasteiger partial charge in [-0.05, 0) is 0 Å². The van der Waals surface area contributed by atoms with Crippen molar-refractivity contribution in [2.24, 2.45) is 7.05 Å². The zero-order valence-corrected chi connectivity index (χ0v) is 14.5. The van der Waals surface area contributed by atoms with E-state index in [9.17, 15) is 4.79 Å². The molecule has 1 saturated heterocycles. The van der Waals surface area contributed by atoms with Gasteiger partial charge in [-0.1, -0.05) is 54.3 Å². The maximum atomic E-state index is 12.0. The number of rotatable bonds is 2. The number of amides is 1. The molecule has 8 heteroatoms. The molecule has 1 amide bonds. The van der Waals surface area contributed by atoms with E-state index in [2.05, 4.69) is 9.97 Å². The van der Waals surface area contributed by atoms with Crippen LogP contribution in [0, 0.1) is 0 Å². The molecule has 0 atom stereocenters. The van der Waals surface area contributed by atoms with E-state index in [1.807, 2.05) is 41.9 Å². The average molecular weight is 356 g/mol. The van der Waals surface area contributed by atoms with Gasteiger partial charge in [-0.15, -0.1) is 0 Å². The van der Waals surface area contributed by atoms with Gasteiger partial charge in [0.15, 0.2) is 0 Å². The van der Waals surface area contributed by atoms with Gasteiger partial charge in [0.2, 0.25) is 11.5 Å². The second-order valence-corrected chi connectivity index (χ2v) is 6.96. The monoisotopic (exact) mass is 356 g/mol. The quantitative estimate of drug-likeness (QED) is 0.519. The van der Waals surface area contributed by atoms with Crippen LogP contribution in [0.4, 0.5) is 0 Å². The van der Waals surface area contributed by atoms with Crippen LogP contribution >= 0.6 is 24.0 Å². The molecule has 3 heterocycles. The fourth-order valence-electron chi connectivity index (χ4n) is 2.45. The fraction of sp³-hybridized carbons (Fsp3) is 0.125. The van der Waals surface area contributed by atoms with Crippen molar-refractivity contribution >= 4 is 51.6 Å². The number of nitrogens with zero attached hydrogens (tertiary/aromatic N) is 4. The third-order valence-electron chi connectivity index (χ3n) is 3.72. The zero-order chi connectivity index (χ0) is 16.8. The van der Waals surface area contributed by atoms with Gasteiger partial charge >= 0.3 is 0 Å². The van der Waals surface area contributed by atoms with E-state index in [0.29, 0.717) is 26.5 Å². The third-order valence-corrected chi connectivity index (χ3v) is 5.21. The molecular formula is C16H12N4O2S2. The lowest BCUT2D eigenvalue weighted by Gasteiger charge is -2.03. The number of hydrogen-bond acceptors (Lipinski definition) is 6. The highest BCUT2D eigenvalue weighted by molar-refractivity contribution is 8.26. The van der Waals surface area contributed by atoms with Gasteiger partial charge < -0.3 is 8.98 Å². The molecule has 0 saturated carbocycles. The number of thiocarbonyl (C=S) groups is 1. The molecule has 0 spiro atoms. The molecule has 24 heavy (non-hydrogen) atoms. The maximum Gasteiger partial charge on any atom is 0.267 e. The molecule has 0 aliphatic carbocycles. The number of imidazole rings is 1. The molecule has 1 aliphatic rings. The summed E-state index contributed by atoms with van der Waals surface area (Å²) in [7, 11) is 3.54. The van der Waals surface area contributed by atoms with E-state index in [4.69, 9.17) is 16.6 Å². The number of aryl methyl sites for hydroxylation is 1. The number of likely N-dealkylation sites (N-methyl/N-ethyl adjacent to an activating group) is 1. The van der Waals surface area contributed by atoms with Gasteiger partial charge in [0.25, 0.3) is 11.6 Å². The summed E-state index contributed by atoms with van der Waals surface area (Å²) in [5, 5.41) is 0. The summed E-state index contributed by atoms with van der Waals surface area (Å²) in [5.41, 5.74) is 2.06. The highest BCUT2D eigenvalue weighted by Gasteiger charge is 2.29. The lowest BCUT2D eigenvalue weighted by atomic mass is 10.2. The molecular weight excluding hydrogens is 344 g/mol. The number of benzene rings is 1. The first-order valence-electron chi connectivity index (χ1n) is 7.15. The SMILES string of the molecule is CN1C(=O)/C(=C\c2nc3c(nc(-c4ccccc4)n3C)o2)SC1=S. The van der Waals surface area contributed by atoms with Crippen molar-refractivity contribution in [1.29, 1.82) is 0 Å². The largest absolute Gasteiger partial charge is 0.417 e. The minimum Gasteiger partial charge on any atom is -0.417 e. The number of carbonyl (C=O) groups is 1. The first kappa shape index (κ1) is 15.1. The van der Waals surface area contributed by atoms with Crippen LogP contribution < -0.4 is 0 Å². The molecule has 6 nitrogen and oxygen atoms in total. The highest BCUT2D eigenvalue weighted by Crippen LogP contribution is 2.32.